The highest BCUT2D eigenvalue weighted by molar-refractivity contribution is 6.34. The molecule has 5 nitrogen and oxygen atoms in total. The number of nitrogen functional groups attached to an aromatic ring is 1. The van der Waals surface area contributed by atoms with Gasteiger partial charge in [-0.3, -0.25) is 9.59 Å². The molecule has 0 spiro atoms. The Hall–Kier alpha value is -2.82. The first-order valence-electron chi connectivity index (χ1n) is 6.04. The van der Waals surface area contributed by atoms with E-state index in [0.29, 0.717) is 28.3 Å². The van der Waals surface area contributed by atoms with E-state index in [4.69, 9.17) is 10.5 Å². The molecule has 2 N–H and O–H groups in total. The smallest absolute Gasteiger partial charge is 0.266 e. The van der Waals surface area contributed by atoms with Crippen molar-refractivity contribution in [1.82, 2.24) is 0 Å². The molecule has 2 aromatic rings. The lowest BCUT2D eigenvalue weighted by atomic mass is 10.1. The Morgan fingerprint density at radius 3 is 2.25 bits per heavy atom. The van der Waals surface area contributed by atoms with Crippen LogP contribution in [0.5, 0.6) is 5.75 Å². The van der Waals surface area contributed by atoms with Crippen LogP contribution in [-0.4, -0.2) is 18.9 Å². The van der Waals surface area contributed by atoms with Gasteiger partial charge in [-0.1, -0.05) is 0 Å². The van der Waals surface area contributed by atoms with E-state index in [1.807, 2.05) is 0 Å². The van der Waals surface area contributed by atoms with Gasteiger partial charge in [0.25, 0.3) is 11.8 Å². The molecule has 0 fully saturated rings. The molecule has 2 aromatic carbocycles. The van der Waals surface area contributed by atoms with Crippen molar-refractivity contribution in [3.8, 4) is 5.75 Å². The van der Waals surface area contributed by atoms with Crippen LogP contribution in [0, 0.1) is 0 Å². The number of methoxy groups -OCH3 is 1. The fourth-order valence-electron chi connectivity index (χ4n) is 2.22. The van der Waals surface area contributed by atoms with Crippen molar-refractivity contribution in [3.05, 3.63) is 53.6 Å². The Balaban J connectivity index is 2.04. The van der Waals surface area contributed by atoms with Gasteiger partial charge in [0.15, 0.2) is 0 Å². The first kappa shape index (κ1) is 12.2. The number of carbonyl (C=O) groups is 2. The third kappa shape index (κ3) is 1.72. The van der Waals surface area contributed by atoms with E-state index in [1.165, 1.54) is 6.07 Å². The van der Waals surface area contributed by atoms with Gasteiger partial charge in [-0.15, -0.1) is 0 Å². The lowest BCUT2D eigenvalue weighted by Gasteiger charge is -2.14. The van der Waals surface area contributed by atoms with Crippen LogP contribution in [-0.2, 0) is 0 Å². The SMILES string of the molecule is COc1ccc(N2C(=O)c3ccc(N)cc3C2=O)cc1. The second-order valence-electron chi connectivity index (χ2n) is 4.45. The van der Waals surface area contributed by atoms with Crippen molar-refractivity contribution < 1.29 is 14.3 Å². The number of hydrogen-bond donors (Lipinski definition) is 1. The molecule has 2 amide bonds. The molecule has 0 saturated carbocycles. The van der Waals surface area contributed by atoms with Crippen LogP contribution >= 0.6 is 0 Å². The van der Waals surface area contributed by atoms with Crippen molar-refractivity contribution in [2.75, 3.05) is 17.7 Å². The van der Waals surface area contributed by atoms with E-state index >= 15 is 0 Å². The molecular weight excluding hydrogens is 256 g/mol. The van der Waals surface area contributed by atoms with Crippen molar-refractivity contribution in [2.45, 2.75) is 0 Å². The number of hydrogen-bond acceptors (Lipinski definition) is 4. The Bertz CT molecular complexity index is 708. The molecule has 0 aliphatic carbocycles. The lowest BCUT2D eigenvalue weighted by molar-refractivity contribution is 0.0926. The maximum atomic E-state index is 12.3. The number of rotatable bonds is 2. The number of anilines is 2. The summed E-state index contributed by atoms with van der Waals surface area (Å²) in [7, 11) is 1.56. The maximum absolute atomic E-state index is 12.3. The molecule has 1 aliphatic rings. The minimum Gasteiger partial charge on any atom is -0.497 e. The van der Waals surface area contributed by atoms with Gasteiger partial charge in [0, 0.05) is 5.69 Å². The third-order valence-electron chi connectivity index (χ3n) is 3.24. The zero-order chi connectivity index (χ0) is 14.3. The van der Waals surface area contributed by atoms with Crippen LogP contribution in [0.15, 0.2) is 42.5 Å². The summed E-state index contributed by atoms with van der Waals surface area (Å²) in [6.45, 7) is 0. The molecule has 20 heavy (non-hydrogen) atoms. The maximum Gasteiger partial charge on any atom is 0.266 e. The Morgan fingerprint density at radius 1 is 0.950 bits per heavy atom. The molecule has 3 rings (SSSR count). The van der Waals surface area contributed by atoms with E-state index in [-0.39, 0.29) is 11.8 Å². The number of nitrogens with zero attached hydrogens (tertiary/aromatic N) is 1. The van der Waals surface area contributed by atoms with Crippen LogP contribution in [0.4, 0.5) is 11.4 Å². The van der Waals surface area contributed by atoms with Gasteiger partial charge in [0.05, 0.1) is 23.9 Å². The predicted molar refractivity (Wildman–Crippen MR) is 75.0 cm³/mol. The van der Waals surface area contributed by atoms with Crippen molar-refractivity contribution >= 4 is 23.2 Å². The second-order valence-corrected chi connectivity index (χ2v) is 4.45. The third-order valence-corrected chi connectivity index (χ3v) is 3.24. The molecule has 100 valence electrons. The summed E-state index contributed by atoms with van der Waals surface area (Å²) in [6, 6.07) is 11.5. The molecule has 0 radical (unpaired) electrons. The number of fused-ring (bicyclic) bond motifs is 1. The van der Waals surface area contributed by atoms with Crippen LogP contribution in [0.25, 0.3) is 0 Å². The standard InChI is InChI=1S/C15H12N2O3/c1-20-11-5-3-10(4-6-11)17-14(18)12-7-2-9(16)8-13(12)15(17)19/h2-8H,16H2,1H3. The lowest BCUT2D eigenvalue weighted by Crippen LogP contribution is -2.29. The molecule has 0 bridgehead atoms. The summed E-state index contributed by atoms with van der Waals surface area (Å²) in [6.07, 6.45) is 0. The highest BCUT2D eigenvalue weighted by atomic mass is 16.5. The first-order chi connectivity index (χ1) is 9.61. The Morgan fingerprint density at radius 2 is 1.60 bits per heavy atom. The largest absolute Gasteiger partial charge is 0.497 e. The van der Waals surface area contributed by atoms with Crippen LogP contribution in [0.1, 0.15) is 20.7 Å². The summed E-state index contributed by atoms with van der Waals surface area (Å²) in [5.41, 5.74) is 7.35. The zero-order valence-corrected chi connectivity index (χ0v) is 10.8. The number of nitrogens with two attached hydrogens (primary N) is 1. The highest BCUT2D eigenvalue weighted by Gasteiger charge is 2.36. The Kier molecular flexibility index (Phi) is 2.68. The minimum absolute atomic E-state index is 0.338. The van der Waals surface area contributed by atoms with Gasteiger partial charge < -0.3 is 10.5 Å². The first-order valence-corrected chi connectivity index (χ1v) is 6.04. The predicted octanol–water partition coefficient (Wildman–Crippen LogP) is 2.08. The molecule has 1 aliphatic heterocycles. The van der Waals surface area contributed by atoms with E-state index in [2.05, 4.69) is 0 Å². The monoisotopic (exact) mass is 268 g/mol. The number of carbonyl (C=O) groups excluding carboxylic acids is 2. The summed E-state index contributed by atoms with van der Waals surface area (Å²) >= 11 is 0. The highest BCUT2D eigenvalue weighted by Crippen LogP contribution is 2.30. The fourth-order valence-corrected chi connectivity index (χ4v) is 2.22. The van der Waals surface area contributed by atoms with Gasteiger partial charge >= 0.3 is 0 Å². The van der Waals surface area contributed by atoms with Crippen molar-refractivity contribution in [1.29, 1.82) is 0 Å². The second kappa shape index (κ2) is 4.38. The Labute approximate surface area is 115 Å². The quantitative estimate of drug-likeness (QED) is 0.668. The molecule has 0 aromatic heterocycles. The molecular formula is C15H12N2O3. The topological polar surface area (TPSA) is 72.6 Å². The number of imide groups is 1. The molecule has 1 heterocycles. The fraction of sp³-hybridized carbons (Fsp3) is 0.0667. The van der Waals surface area contributed by atoms with Gasteiger partial charge in [0.1, 0.15) is 5.75 Å². The summed E-state index contributed by atoms with van der Waals surface area (Å²) in [5.74, 6) is -0.0350. The van der Waals surface area contributed by atoms with Gasteiger partial charge in [-0.25, -0.2) is 4.90 Å². The number of benzene rings is 2. The number of ether oxygens (including phenoxy) is 1. The molecule has 0 atom stereocenters. The number of amides is 2. The van der Waals surface area contributed by atoms with E-state index in [9.17, 15) is 9.59 Å². The van der Waals surface area contributed by atoms with Crippen molar-refractivity contribution in [3.63, 3.8) is 0 Å². The van der Waals surface area contributed by atoms with Crippen LogP contribution < -0.4 is 15.4 Å². The summed E-state index contributed by atoms with van der Waals surface area (Å²) < 4.78 is 5.06. The zero-order valence-electron chi connectivity index (χ0n) is 10.8. The van der Waals surface area contributed by atoms with E-state index < -0.39 is 0 Å². The van der Waals surface area contributed by atoms with E-state index in [1.54, 1.807) is 43.5 Å². The van der Waals surface area contributed by atoms with Crippen LogP contribution in [0.2, 0.25) is 0 Å². The normalized spacial score (nSPS) is 13.6. The van der Waals surface area contributed by atoms with Crippen LogP contribution in [0.3, 0.4) is 0 Å². The van der Waals surface area contributed by atoms with Gasteiger partial charge in [0.2, 0.25) is 0 Å². The van der Waals surface area contributed by atoms with Gasteiger partial charge in [-0.05, 0) is 42.5 Å². The molecule has 5 heteroatoms. The van der Waals surface area contributed by atoms with E-state index in [0.717, 1.165) is 4.90 Å². The minimum atomic E-state index is -0.359. The molecule has 0 saturated heterocycles. The van der Waals surface area contributed by atoms with Crippen molar-refractivity contribution in [2.24, 2.45) is 0 Å². The summed E-state index contributed by atoms with van der Waals surface area (Å²) in [5, 5.41) is 0. The average molecular weight is 268 g/mol. The molecule has 0 unspecified atom stereocenters. The van der Waals surface area contributed by atoms with Gasteiger partial charge in [-0.2, -0.15) is 0 Å². The average Bonchev–Trinajstić information content (AvgIpc) is 2.71. The summed E-state index contributed by atoms with van der Waals surface area (Å²) in [4.78, 5) is 25.8.